The van der Waals surface area contributed by atoms with Crippen LogP contribution in [0.1, 0.15) is 5.56 Å². The largest absolute Gasteiger partial charge is 0.481 e. The molecule has 2 rings (SSSR count). The maximum absolute atomic E-state index is 11.0. The molecule has 0 aliphatic heterocycles. The summed E-state index contributed by atoms with van der Waals surface area (Å²) >= 11 is 14.7. The van der Waals surface area contributed by atoms with Crippen molar-refractivity contribution in [2.45, 2.75) is 6.61 Å². The van der Waals surface area contributed by atoms with E-state index in [2.05, 4.69) is 20.9 Å². The molecule has 0 aliphatic carbocycles. The SMILES string of the molecule is O=[N+]([O-])c1cc(Cl)cc(Br)c1OCc1ccnc(Cl)c1. The Morgan fingerprint density at radius 1 is 1.35 bits per heavy atom. The van der Waals surface area contributed by atoms with Gasteiger partial charge in [-0.15, -0.1) is 0 Å². The molecule has 104 valence electrons. The molecule has 0 amide bonds. The van der Waals surface area contributed by atoms with Crippen molar-refractivity contribution in [3.05, 3.63) is 60.8 Å². The number of rotatable bonds is 4. The third-order valence-corrected chi connectivity index (χ3v) is 3.37. The summed E-state index contributed by atoms with van der Waals surface area (Å²) in [5.74, 6) is 0.118. The van der Waals surface area contributed by atoms with Crippen LogP contribution in [-0.2, 0) is 6.61 Å². The molecule has 1 aromatic carbocycles. The van der Waals surface area contributed by atoms with Gasteiger partial charge in [-0.25, -0.2) is 4.98 Å². The first-order chi connectivity index (χ1) is 9.47. The number of nitrogens with zero attached hydrogens (tertiary/aromatic N) is 2. The van der Waals surface area contributed by atoms with Gasteiger partial charge in [0.15, 0.2) is 0 Å². The van der Waals surface area contributed by atoms with E-state index in [1.54, 1.807) is 12.1 Å². The fraction of sp³-hybridized carbons (Fsp3) is 0.0833. The highest BCUT2D eigenvalue weighted by Gasteiger charge is 2.20. The summed E-state index contributed by atoms with van der Waals surface area (Å²) in [5.41, 5.74) is 0.547. The zero-order valence-electron chi connectivity index (χ0n) is 9.85. The Morgan fingerprint density at radius 3 is 2.75 bits per heavy atom. The molecule has 0 saturated carbocycles. The zero-order chi connectivity index (χ0) is 14.7. The van der Waals surface area contributed by atoms with Gasteiger partial charge >= 0.3 is 5.69 Å². The minimum absolute atomic E-state index is 0.118. The van der Waals surface area contributed by atoms with E-state index in [4.69, 9.17) is 27.9 Å². The van der Waals surface area contributed by atoms with Crippen LogP contribution in [0, 0.1) is 10.1 Å². The second-order valence-electron chi connectivity index (χ2n) is 3.77. The summed E-state index contributed by atoms with van der Waals surface area (Å²) in [5, 5.41) is 11.6. The molecule has 2 aromatic rings. The molecule has 0 atom stereocenters. The van der Waals surface area contributed by atoms with Gasteiger partial charge in [-0.2, -0.15) is 0 Å². The van der Waals surface area contributed by atoms with Crippen molar-refractivity contribution < 1.29 is 9.66 Å². The van der Waals surface area contributed by atoms with Crippen LogP contribution in [0.3, 0.4) is 0 Å². The second kappa shape index (κ2) is 6.39. The van der Waals surface area contributed by atoms with Gasteiger partial charge < -0.3 is 4.74 Å². The highest BCUT2D eigenvalue weighted by atomic mass is 79.9. The first-order valence-electron chi connectivity index (χ1n) is 5.34. The van der Waals surface area contributed by atoms with Crippen LogP contribution in [0.15, 0.2) is 34.9 Å². The lowest BCUT2D eigenvalue weighted by molar-refractivity contribution is -0.386. The van der Waals surface area contributed by atoms with E-state index < -0.39 is 4.92 Å². The second-order valence-corrected chi connectivity index (χ2v) is 5.45. The van der Waals surface area contributed by atoms with Gasteiger partial charge in [-0.05, 0) is 39.7 Å². The zero-order valence-corrected chi connectivity index (χ0v) is 12.9. The Bertz CT molecular complexity index is 667. The van der Waals surface area contributed by atoms with Crippen LogP contribution in [0.4, 0.5) is 5.69 Å². The molecule has 0 radical (unpaired) electrons. The molecular formula is C12H7BrCl2N2O3. The van der Waals surface area contributed by atoms with Crippen molar-refractivity contribution in [1.82, 2.24) is 4.98 Å². The summed E-state index contributed by atoms with van der Waals surface area (Å²) in [6, 6.07) is 6.10. The number of nitro benzene ring substituents is 1. The van der Waals surface area contributed by atoms with Gasteiger partial charge in [0.05, 0.1) is 9.40 Å². The average Bonchev–Trinajstić information content (AvgIpc) is 2.36. The topological polar surface area (TPSA) is 65.3 Å². The summed E-state index contributed by atoms with van der Waals surface area (Å²) in [4.78, 5) is 14.3. The minimum atomic E-state index is -0.550. The molecular weight excluding hydrogens is 371 g/mol. The van der Waals surface area contributed by atoms with Gasteiger partial charge in [-0.1, -0.05) is 23.2 Å². The number of halogens is 3. The Balaban J connectivity index is 2.27. The maximum Gasteiger partial charge on any atom is 0.313 e. The third kappa shape index (κ3) is 3.59. The highest BCUT2D eigenvalue weighted by molar-refractivity contribution is 9.10. The average molecular weight is 378 g/mol. The molecule has 1 aromatic heterocycles. The highest BCUT2D eigenvalue weighted by Crippen LogP contribution is 2.38. The van der Waals surface area contributed by atoms with E-state index in [-0.39, 0.29) is 23.1 Å². The van der Waals surface area contributed by atoms with Crippen LogP contribution >= 0.6 is 39.1 Å². The van der Waals surface area contributed by atoms with E-state index in [1.165, 1.54) is 18.3 Å². The molecule has 1 heterocycles. The molecule has 5 nitrogen and oxygen atoms in total. The monoisotopic (exact) mass is 376 g/mol. The summed E-state index contributed by atoms with van der Waals surface area (Å²) < 4.78 is 5.91. The lowest BCUT2D eigenvalue weighted by atomic mass is 10.2. The maximum atomic E-state index is 11.0. The van der Waals surface area contributed by atoms with Crippen LogP contribution in [0.2, 0.25) is 10.2 Å². The standard InChI is InChI=1S/C12H7BrCl2N2O3/c13-9-4-8(14)5-10(17(18)19)12(9)20-6-7-1-2-16-11(15)3-7/h1-5H,6H2. The van der Waals surface area contributed by atoms with E-state index in [0.717, 1.165) is 5.56 Å². The quantitative estimate of drug-likeness (QED) is 0.442. The number of aromatic nitrogens is 1. The van der Waals surface area contributed by atoms with Gasteiger partial charge in [0, 0.05) is 17.3 Å². The molecule has 0 unspecified atom stereocenters. The number of nitro groups is 1. The van der Waals surface area contributed by atoms with E-state index >= 15 is 0 Å². The number of hydrogen-bond donors (Lipinski definition) is 0. The van der Waals surface area contributed by atoms with Gasteiger partial charge in [-0.3, -0.25) is 10.1 Å². The third-order valence-electron chi connectivity index (χ3n) is 2.36. The van der Waals surface area contributed by atoms with Crippen molar-refractivity contribution in [2.24, 2.45) is 0 Å². The lowest BCUT2D eigenvalue weighted by Gasteiger charge is -2.09. The normalized spacial score (nSPS) is 10.3. The molecule has 0 aliphatic rings. The number of hydrogen-bond acceptors (Lipinski definition) is 4. The lowest BCUT2D eigenvalue weighted by Crippen LogP contribution is -2.00. The van der Waals surface area contributed by atoms with Crippen molar-refractivity contribution in [1.29, 1.82) is 0 Å². The van der Waals surface area contributed by atoms with Crippen molar-refractivity contribution >= 4 is 44.8 Å². The van der Waals surface area contributed by atoms with Gasteiger partial charge in [0.1, 0.15) is 11.8 Å². The van der Waals surface area contributed by atoms with Crippen LogP contribution < -0.4 is 4.74 Å². The number of ether oxygens (including phenoxy) is 1. The van der Waals surface area contributed by atoms with Crippen LogP contribution in [0.5, 0.6) is 5.75 Å². The summed E-state index contributed by atoms with van der Waals surface area (Å²) in [7, 11) is 0. The smallest absolute Gasteiger partial charge is 0.313 e. The first kappa shape index (κ1) is 15.0. The molecule has 0 N–H and O–H groups in total. The van der Waals surface area contributed by atoms with Crippen molar-refractivity contribution in [3.63, 3.8) is 0 Å². The Kier molecular flexibility index (Phi) is 4.80. The fourth-order valence-electron chi connectivity index (χ4n) is 1.51. The Hall–Kier alpha value is -1.37. The first-order valence-corrected chi connectivity index (χ1v) is 6.89. The van der Waals surface area contributed by atoms with E-state index in [0.29, 0.717) is 9.63 Å². The summed E-state index contributed by atoms with van der Waals surface area (Å²) in [6.07, 6.45) is 1.53. The van der Waals surface area contributed by atoms with Crippen LogP contribution in [-0.4, -0.2) is 9.91 Å². The fourth-order valence-corrected chi connectivity index (χ4v) is 2.62. The molecule has 0 fully saturated rings. The van der Waals surface area contributed by atoms with E-state index in [9.17, 15) is 10.1 Å². The van der Waals surface area contributed by atoms with E-state index in [1.807, 2.05) is 0 Å². The van der Waals surface area contributed by atoms with Crippen molar-refractivity contribution in [2.75, 3.05) is 0 Å². The molecule has 20 heavy (non-hydrogen) atoms. The minimum Gasteiger partial charge on any atom is -0.481 e. The Labute approximate surface area is 132 Å². The van der Waals surface area contributed by atoms with Gasteiger partial charge in [0.25, 0.3) is 0 Å². The predicted octanol–water partition coefficient (Wildman–Crippen LogP) is 4.64. The summed E-state index contributed by atoms with van der Waals surface area (Å²) in [6.45, 7) is 0.128. The number of benzene rings is 1. The molecule has 0 spiro atoms. The van der Waals surface area contributed by atoms with Crippen molar-refractivity contribution in [3.8, 4) is 5.75 Å². The van der Waals surface area contributed by atoms with Gasteiger partial charge in [0.2, 0.25) is 5.75 Å². The Morgan fingerprint density at radius 2 is 2.10 bits per heavy atom. The molecule has 0 saturated heterocycles. The van der Waals surface area contributed by atoms with Crippen LogP contribution in [0.25, 0.3) is 0 Å². The number of pyridine rings is 1. The predicted molar refractivity (Wildman–Crippen MR) is 79.4 cm³/mol. The molecule has 8 heteroatoms. The molecule has 0 bridgehead atoms.